The Labute approximate surface area is 144 Å². The van der Waals surface area contributed by atoms with Gasteiger partial charge < -0.3 is 15.2 Å². The van der Waals surface area contributed by atoms with Crippen LogP contribution in [0.25, 0.3) is 0 Å². The Balaban J connectivity index is 0.00000264. The summed E-state index contributed by atoms with van der Waals surface area (Å²) in [4.78, 5) is 16.4. The van der Waals surface area contributed by atoms with Crippen LogP contribution < -0.4 is 10.6 Å². The van der Waals surface area contributed by atoms with Crippen LogP contribution in [-0.4, -0.2) is 35.2 Å². The lowest BCUT2D eigenvalue weighted by Crippen LogP contribution is -2.48. The van der Waals surface area contributed by atoms with Crippen molar-refractivity contribution in [1.29, 1.82) is 0 Å². The highest BCUT2D eigenvalue weighted by Gasteiger charge is 2.23. The first-order valence-corrected chi connectivity index (χ1v) is 8.19. The number of rotatable bonds is 5. The zero-order valence-electron chi connectivity index (χ0n) is 14.5. The van der Waals surface area contributed by atoms with E-state index in [1.165, 1.54) is 0 Å². The zero-order valence-corrected chi connectivity index (χ0v) is 15.3. The van der Waals surface area contributed by atoms with Crippen LogP contribution in [0.15, 0.2) is 4.52 Å². The number of piperidine rings is 1. The van der Waals surface area contributed by atoms with Crippen LogP contribution in [0.5, 0.6) is 0 Å². The average Bonchev–Trinajstić information content (AvgIpc) is 2.90. The van der Waals surface area contributed by atoms with Crippen molar-refractivity contribution < 1.29 is 9.32 Å². The Hall–Kier alpha value is -1.14. The molecule has 2 N–H and O–H groups in total. The lowest BCUT2D eigenvalue weighted by Gasteiger charge is -2.30. The smallest absolute Gasteiger partial charge is 0.226 e. The topological polar surface area (TPSA) is 80.0 Å². The average molecular weight is 345 g/mol. The van der Waals surface area contributed by atoms with Crippen LogP contribution in [0.4, 0.5) is 0 Å². The van der Waals surface area contributed by atoms with Crippen molar-refractivity contribution in [3.8, 4) is 0 Å². The molecule has 0 aromatic carbocycles. The van der Waals surface area contributed by atoms with E-state index in [2.05, 4.69) is 48.5 Å². The SMILES string of the molecule is CC1CNCCC1NC(=O)CCCc1nc(C(C)(C)C)no1.Cl. The highest BCUT2D eigenvalue weighted by Crippen LogP contribution is 2.19. The van der Waals surface area contributed by atoms with E-state index in [4.69, 9.17) is 4.52 Å². The van der Waals surface area contributed by atoms with Crippen LogP contribution in [-0.2, 0) is 16.6 Å². The molecule has 1 aliphatic rings. The Bertz CT molecular complexity index is 499. The van der Waals surface area contributed by atoms with Gasteiger partial charge in [0.25, 0.3) is 0 Å². The molecule has 2 unspecified atom stereocenters. The number of halogens is 1. The summed E-state index contributed by atoms with van der Waals surface area (Å²) in [5, 5.41) is 10.5. The van der Waals surface area contributed by atoms with Gasteiger partial charge in [0.1, 0.15) is 0 Å². The molecular formula is C16H29ClN4O2. The Kier molecular flexibility index (Phi) is 7.48. The van der Waals surface area contributed by atoms with Gasteiger partial charge in [-0.05, 0) is 31.8 Å². The van der Waals surface area contributed by atoms with Crippen LogP contribution in [0.3, 0.4) is 0 Å². The summed E-state index contributed by atoms with van der Waals surface area (Å²) in [5.41, 5.74) is -0.107. The first-order chi connectivity index (χ1) is 10.4. The fourth-order valence-corrected chi connectivity index (χ4v) is 2.57. The van der Waals surface area contributed by atoms with Crippen molar-refractivity contribution in [3.63, 3.8) is 0 Å². The lowest BCUT2D eigenvalue weighted by atomic mass is 9.95. The second-order valence-corrected chi connectivity index (χ2v) is 7.26. The first kappa shape index (κ1) is 19.9. The highest BCUT2D eigenvalue weighted by atomic mass is 35.5. The molecule has 0 bridgehead atoms. The first-order valence-electron chi connectivity index (χ1n) is 8.19. The van der Waals surface area contributed by atoms with E-state index >= 15 is 0 Å². The summed E-state index contributed by atoms with van der Waals surface area (Å²) in [6.45, 7) is 10.3. The number of hydrogen-bond acceptors (Lipinski definition) is 5. The van der Waals surface area contributed by atoms with E-state index in [-0.39, 0.29) is 23.7 Å². The highest BCUT2D eigenvalue weighted by molar-refractivity contribution is 5.85. The fraction of sp³-hybridized carbons (Fsp3) is 0.812. The molecule has 7 heteroatoms. The minimum atomic E-state index is -0.107. The van der Waals surface area contributed by atoms with Gasteiger partial charge in [0.2, 0.25) is 11.8 Å². The molecule has 23 heavy (non-hydrogen) atoms. The molecule has 2 heterocycles. The van der Waals surface area contributed by atoms with Gasteiger partial charge in [-0.3, -0.25) is 4.79 Å². The number of aryl methyl sites for hydroxylation is 1. The molecule has 0 spiro atoms. The molecule has 0 aliphatic carbocycles. The molecule has 1 amide bonds. The molecule has 2 atom stereocenters. The predicted molar refractivity (Wildman–Crippen MR) is 91.8 cm³/mol. The van der Waals surface area contributed by atoms with Gasteiger partial charge in [-0.25, -0.2) is 0 Å². The van der Waals surface area contributed by atoms with Crippen LogP contribution in [0.2, 0.25) is 0 Å². The van der Waals surface area contributed by atoms with E-state index in [0.717, 1.165) is 31.8 Å². The van der Waals surface area contributed by atoms with Gasteiger partial charge in [-0.2, -0.15) is 4.98 Å². The molecule has 132 valence electrons. The van der Waals surface area contributed by atoms with Crippen molar-refractivity contribution in [3.05, 3.63) is 11.7 Å². The van der Waals surface area contributed by atoms with Gasteiger partial charge in [0.05, 0.1) is 0 Å². The van der Waals surface area contributed by atoms with E-state index < -0.39 is 0 Å². The van der Waals surface area contributed by atoms with Gasteiger partial charge in [0.15, 0.2) is 5.82 Å². The van der Waals surface area contributed by atoms with Gasteiger partial charge in [-0.1, -0.05) is 32.9 Å². The monoisotopic (exact) mass is 344 g/mol. The molecule has 0 saturated carbocycles. The summed E-state index contributed by atoms with van der Waals surface area (Å²) in [6.07, 6.45) is 2.89. The quantitative estimate of drug-likeness (QED) is 0.856. The molecule has 1 aromatic heterocycles. The predicted octanol–water partition coefficient (Wildman–Crippen LogP) is 2.23. The van der Waals surface area contributed by atoms with E-state index in [1.54, 1.807) is 0 Å². The molecule has 2 rings (SSSR count). The van der Waals surface area contributed by atoms with Crippen molar-refractivity contribution in [1.82, 2.24) is 20.8 Å². The second-order valence-electron chi connectivity index (χ2n) is 7.26. The Morgan fingerprint density at radius 2 is 2.17 bits per heavy atom. The van der Waals surface area contributed by atoms with Crippen molar-refractivity contribution in [2.75, 3.05) is 13.1 Å². The standard InChI is InChI=1S/C16H28N4O2.ClH/c1-11-10-17-9-8-12(11)18-13(21)6-5-7-14-19-15(20-22-14)16(2,3)4;/h11-12,17H,5-10H2,1-4H3,(H,18,21);1H. The van der Waals surface area contributed by atoms with E-state index in [9.17, 15) is 4.79 Å². The number of nitrogens with one attached hydrogen (secondary N) is 2. The zero-order chi connectivity index (χ0) is 16.2. The Morgan fingerprint density at radius 1 is 1.43 bits per heavy atom. The molecular weight excluding hydrogens is 316 g/mol. The maximum Gasteiger partial charge on any atom is 0.226 e. The van der Waals surface area contributed by atoms with Crippen LogP contribution in [0.1, 0.15) is 58.7 Å². The summed E-state index contributed by atoms with van der Waals surface area (Å²) in [6, 6.07) is 0.296. The third kappa shape index (κ3) is 6.11. The minimum absolute atomic E-state index is 0. The van der Waals surface area contributed by atoms with Crippen molar-refractivity contribution in [2.45, 2.75) is 64.8 Å². The number of carbonyl (C=O) groups is 1. The second kappa shape index (κ2) is 8.64. The number of amides is 1. The molecule has 1 aromatic rings. The Morgan fingerprint density at radius 3 is 2.78 bits per heavy atom. The maximum atomic E-state index is 12.0. The summed E-state index contributed by atoms with van der Waals surface area (Å²) < 4.78 is 5.24. The lowest BCUT2D eigenvalue weighted by molar-refractivity contribution is -0.122. The van der Waals surface area contributed by atoms with Gasteiger partial charge in [-0.15, -0.1) is 12.4 Å². The molecule has 1 fully saturated rings. The molecule has 1 aliphatic heterocycles. The summed E-state index contributed by atoms with van der Waals surface area (Å²) >= 11 is 0. The third-order valence-corrected chi connectivity index (χ3v) is 4.07. The van der Waals surface area contributed by atoms with Gasteiger partial charge >= 0.3 is 0 Å². The van der Waals surface area contributed by atoms with Gasteiger partial charge in [0, 0.05) is 24.3 Å². The van der Waals surface area contributed by atoms with Crippen molar-refractivity contribution >= 4 is 18.3 Å². The number of hydrogen-bond donors (Lipinski definition) is 2. The molecule has 0 radical (unpaired) electrons. The normalized spacial score (nSPS) is 21.6. The number of nitrogens with zero attached hydrogens (tertiary/aromatic N) is 2. The third-order valence-electron chi connectivity index (χ3n) is 4.07. The van der Waals surface area contributed by atoms with E-state index in [0.29, 0.717) is 30.7 Å². The largest absolute Gasteiger partial charge is 0.353 e. The number of carbonyl (C=O) groups excluding carboxylic acids is 1. The maximum absolute atomic E-state index is 12.0. The fourth-order valence-electron chi connectivity index (χ4n) is 2.57. The van der Waals surface area contributed by atoms with Crippen LogP contribution in [0, 0.1) is 5.92 Å². The number of aromatic nitrogens is 2. The van der Waals surface area contributed by atoms with Crippen molar-refractivity contribution in [2.24, 2.45) is 5.92 Å². The summed E-state index contributed by atoms with van der Waals surface area (Å²) in [7, 11) is 0. The molecule has 6 nitrogen and oxygen atoms in total. The summed E-state index contributed by atoms with van der Waals surface area (Å²) in [5.74, 6) is 1.95. The molecule has 1 saturated heterocycles. The minimum Gasteiger partial charge on any atom is -0.353 e. The van der Waals surface area contributed by atoms with Crippen LogP contribution >= 0.6 is 12.4 Å². The van der Waals surface area contributed by atoms with E-state index in [1.807, 2.05) is 0 Å².